The number of anilines is 6. The quantitative estimate of drug-likeness (QED) is 0.161. The van der Waals surface area contributed by atoms with E-state index in [1.165, 1.54) is 0 Å². The summed E-state index contributed by atoms with van der Waals surface area (Å²) >= 11 is 0. The molecule has 0 aliphatic carbocycles. The Labute approximate surface area is 309 Å². The molecule has 0 aliphatic heterocycles. The summed E-state index contributed by atoms with van der Waals surface area (Å²) in [6, 6.07) is 45.8. The van der Waals surface area contributed by atoms with Crippen LogP contribution in [0.3, 0.4) is 0 Å². The van der Waals surface area contributed by atoms with Crippen molar-refractivity contribution in [3.05, 3.63) is 206 Å². The van der Waals surface area contributed by atoms with E-state index in [0.29, 0.717) is 45.0 Å². The van der Waals surface area contributed by atoms with Crippen molar-refractivity contribution in [2.24, 2.45) is 0 Å². The molecule has 0 unspecified atom stereocenters. The van der Waals surface area contributed by atoms with E-state index in [9.17, 15) is 5.48 Å². The highest BCUT2D eigenvalue weighted by Gasteiger charge is 2.19. The molecule has 0 saturated heterocycles. The predicted octanol–water partition coefficient (Wildman–Crippen LogP) is 13.9. The smallest absolute Gasteiger partial charge is 0.159 e. The van der Waals surface area contributed by atoms with Crippen molar-refractivity contribution >= 4 is 56.1 Å². The molecule has 51 heavy (non-hydrogen) atoms. The fourth-order valence-corrected chi connectivity index (χ4v) is 6.36. The van der Waals surface area contributed by atoms with Crippen LogP contribution in [0.15, 0.2) is 210 Å². The number of rotatable bonds is 8. The molecule has 9 rings (SSSR count). The van der Waals surface area contributed by atoms with Crippen molar-refractivity contribution in [3.8, 4) is 22.3 Å². The van der Waals surface area contributed by atoms with E-state index in [4.69, 9.17) is 9.90 Å². The third kappa shape index (κ3) is 5.81. The summed E-state index contributed by atoms with van der Waals surface area (Å²) in [4.78, 5) is 3.43. The molecule has 8 aromatic carbocycles. The SMILES string of the molecule is [2H]c1c([2H])c(N(c2ccccc2)c2ccccc2)c([2H])c([2H])c1-c1ccc(-c2c([2H])c([2H])c(N(c3ccccc3)c3cccc4c3oc3ccccc34)c([2H])c2[2H])cc1. The van der Waals surface area contributed by atoms with Gasteiger partial charge >= 0.3 is 0 Å². The van der Waals surface area contributed by atoms with Crippen LogP contribution >= 0.6 is 0 Å². The molecule has 0 spiro atoms. The van der Waals surface area contributed by atoms with Gasteiger partial charge in [-0.25, -0.2) is 0 Å². The highest BCUT2D eigenvalue weighted by Crippen LogP contribution is 2.42. The van der Waals surface area contributed by atoms with Gasteiger partial charge in [0.1, 0.15) is 5.58 Å². The topological polar surface area (TPSA) is 19.6 Å². The van der Waals surface area contributed by atoms with E-state index in [-0.39, 0.29) is 70.8 Å². The standard InChI is InChI=1S/C48H34N2O/c1-4-13-39(14-5-1)49(40-15-6-2-7-16-40)42-31-27-37(28-32-42)35-23-25-36(26-24-35)38-29-33-43(34-30-38)50(41-17-8-3-9-18-41)46-21-12-20-45-44-19-10-11-22-47(44)51-48(45)46/h1-34H/i27D,28D,29D,30D,31D,32D,33D,34D. The van der Waals surface area contributed by atoms with E-state index >= 15 is 0 Å². The lowest BCUT2D eigenvalue weighted by molar-refractivity contribution is 0.669. The first kappa shape index (κ1) is 22.7. The summed E-state index contributed by atoms with van der Waals surface area (Å²) in [6.07, 6.45) is 0. The monoisotopic (exact) mass is 662 g/mol. The normalized spacial score (nSPS) is 13.3. The second-order valence-corrected chi connectivity index (χ2v) is 12.0. The molecule has 0 radical (unpaired) electrons. The van der Waals surface area contributed by atoms with Crippen molar-refractivity contribution in [2.75, 3.05) is 9.80 Å². The average molecular weight is 663 g/mol. The first-order valence-electron chi connectivity index (χ1n) is 20.6. The fourth-order valence-electron chi connectivity index (χ4n) is 6.36. The molecule has 1 aromatic heterocycles. The zero-order valence-corrected chi connectivity index (χ0v) is 27.3. The Balaban J connectivity index is 1.14. The van der Waals surface area contributed by atoms with Gasteiger partial charge in [-0.15, -0.1) is 0 Å². The lowest BCUT2D eigenvalue weighted by atomic mass is 9.99. The molecule has 3 nitrogen and oxygen atoms in total. The van der Waals surface area contributed by atoms with Gasteiger partial charge in [-0.1, -0.05) is 133 Å². The van der Waals surface area contributed by atoms with Gasteiger partial charge in [0, 0.05) is 39.2 Å². The summed E-state index contributed by atoms with van der Waals surface area (Å²) in [5.41, 5.74) is 4.94. The molecule has 0 amide bonds. The molecule has 0 aliphatic rings. The van der Waals surface area contributed by atoms with Gasteiger partial charge in [0.2, 0.25) is 0 Å². The van der Waals surface area contributed by atoms with E-state index < -0.39 is 0 Å². The van der Waals surface area contributed by atoms with Gasteiger partial charge < -0.3 is 14.2 Å². The van der Waals surface area contributed by atoms with Crippen LogP contribution in [0.1, 0.15) is 11.0 Å². The summed E-state index contributed by atoms with van der Waals surface area (Å²) in [7, 11) is 0. The number of hydrogen-bond donors (Lipinski definition) is 0. The molecule has 0 bridgehead atoms. The van der Waals surface area contributed by atoms with Gasteiger partial charge in [-0.2, -0.15) is 0 Å². The predicted molar refractivity (Wildman–Crippen MR) is 214 cm³/mol. The van der Waals surface area contributed by atoms with Crippen molar-refractivity contribution in [3.63, 3.8) is 0 Å². The van der Waals surface area contributed by atoms with Gasteiger partial charge in [-0.3, -0.25) is 0 Å². The van der Waals surface area contributed by atoms with Crippen LogP contribution in [0, 0.1) is 0 Å². The Morgan fingerprint density at radius 2 is 0.765 bits per heavy atom. The maximum absolute atomic E-state index is 9.37. The lowest BCUT2D eigenvalue weighted by Gasteiger charge is -2.25. The molecular formula is C48H34N2O. The second-order valence-electron chi connectivity index (χ2n) is 12.0. The number of benzene rings is 8. The molecule has 0 atom stereocenters. The third-order valence-corrected chi connectivity index (χ3v) is 8.80. The fraction of sp³-hybridized carbons (Fsp3) is 0. The Kier molecular flexibility index (Phi) is 5.89. The van der Waals surface area contributed by atoms with Crippen LogP contribution < -0.4 is 9.80 Å². The van der Waals surface area contributed by atoms with Crippen molar-refractivity contribution in [2.45, 2.75) is 0 Å². The van der Waals surface area contributed by atoms with Gasteiger partial charge in [0.15, 0.2) is 5.58 Å². The molecule has 0 saturated carbocycles. The Morgan fingerprint density at radius 3 is 1.29 bits per heavy atom. The Bertz CT molecular complexity index is 2930. The van der Waals surface area contributed by atoms with Crippen molar-refractivity contribution in [1.82, 2.24) is 0 Å². The first-order chi connectivity index (χ1) is 28.7. The number of hydrogen-bond acceptors (Lipinski definition) is 3. The lowest BCUT2D eigenvalue weighted by Crippen LogP contribution is -2.10. The van der Waals surface area contributed by atoms with Crippen LogP contribution in [-0.2, 0) is 0 Å². The van der Waals surface area contributed by atoms with Crippen LogP contribution in [0.2, 0.25) is 0 Å². The van der Waals surface area contributed by atoms with Crippen molar-refractivity contribution in [1.29, 1.82) is 0 Å². The van der Waals surface area contributed by atoms with E-state index in [1.54, 1.807) is 34.1 Å². The van der Waals surface area contributed by atoms with Crippen LogP contribution in [0.4, 0.5) is 34.1 Å². The summed E-state index contributed by atoms with van der Waals surface area (Å²) < 4.78 is 80.2. The van der Waals surface area contributed by atoms with E-state index in [0.717, 1.165) is 10.8 Å². The number of furan rings is 1. The molecule has 1 heterocycles. The van der Waals surface area contributed by atoms with E-state index in [1.807, 2.05) is 133 Å². The molecule has 9 aromatic rings. The largest absolute Gasteiger partial charge is 0.454 e. The minimum atomic E-state index is -0.251. The van der Waals surface area contributed by atoms with Crippen molar-refractivity contribution < 1.29 is 15.4 Å². The van der Waals surface area contributed by atoms with Gasteiger partial charge in [0.05, 0.1) is 16.7 Å². The number of nitrogens with zero attached hydrogens (tertiary/aromatic N) is 2. The summed E-state index contributed by atoms with van der Waals surface area (Å²) in [5, 5.41) is 1.77. The zero-order chi connectivity index (χ0) is 40.9. The third-order valence-electron chi connectivity index (χ3n) is 8.80. The molecule has 242 valence electrons. The molecule has 3 heteroatoms. The van der Waals surface area contributed by atoms with Crippen LogP contribution in [0.5, 0.6) is 0 Å². The molecular weight excluding hydrogens is 621 g/mol. The minimum Gasteiger partial charge on any atom is -0.454 e. The number of para-hydroxylation sites is 5. The van der Waals surface area contributed by atoms with Crippen LogP contribution in [0.25, 0.3) is 44.2 Å². The molecule has 0 N–H and O–H groups in total. The maximum atomic E-state index is 9.37. The van der Waals surface area contributed by atoms with Crippen LogP contribution in [-0.4, -0.2) is 0 Å². The zero-order valence-electron chi connectivity index (χ0n) is 35.3. The Hall–Kier alpha value is -6.84. The number of fused-ring (bicyclic) bond motifs is 3. The van der Waals surface area contributed by atoms with Gasteiger partial charge in [-0.05, 0) is 95.0 Å². The first-order valence-corrected chi connectivity index (χ1v) is 16.6. The van der Waals surface area contributed by atoms with E-state index in [2.05, 4.69) is 0 Å². The second kappa shape index (κ2) is 13.2. The summed E-state index contributed by atoms with van der Waals surface area (Å²) in [5.74, 6) is 0. The maximum Gasteiger partial charge on any atom is 0.159 e. The summed E-state index contributed by atoms with van der Waals surface area (Å²) in [6.45, 7) is 0. The highest BCUT2D eigenvalue weighted by atomic mass is 16.3. The van der Waals surface area contributed by atoms with Gasteiger partial charge in [0.25, 0.3) is 0 Å². The molecule has 0 fully saturated rings. The Morgan fingerprint density at radius 1 is 0.333 bits per heavy atom. The highest BCUT2D eigenvalue weighted by molar-refractivity contribution is 6.10. The minimum absolute atomic E-state index is 0.0586. The average Bonchev–Trinajstić information content (AvgIpc) is 3.66.